The maximum Gasteiger partial charge on any atom is 0.0110 e. The zero-order chi connectivity index (χ0) is 17.9. The standard InChI is InChI=1S/C23H47I/c1-4-5-6-7-10-14-17-20-23(24)21-18-15-12-9-8-11-13-16-19-22(2)3/h22-23H,4-21H2,1-3H3. The SMILES string of the molecule is CCCCCCCCCC(I)CCCCCCCCCCC(C)C. The highest BCUT2D eigenvalue weighted by Crippen LogP contribution is 2.20. The minimum atomic E-state index is 0.896. The fourth-order valence-corrected chi connectivity index (χ4v) is 4.33. The Labute approximate surface area is 168 Å². The number of unbranched alkanes of at least 4 members (excludes halogenated alkanes) is 13. The van der Waals surface area contributed by atoms with Gasteiger partial charge in [0, 0.05) is 3.92 Å². The lowest BCUT2D eigenvalue weighted by molar-refractivity contribution is 0.504. The number of hydrogen-bond acceptors (Lipinski definition) is 0. The summed E-state index contributed by atoms with van der Waals surface area (Å²) in [5.74, 6) is 0.896. The van der Waals surface area contributed by atoms with Gasteiger partial charge >= 0.3 is 0 Å². The van der Waals surface area contributed by atoms with E-state index in [9.17, 15) is 0 Å². The Hall–Kier alpha value is 0.730. The molecular formula is C23H47I. The Kier molecular flexibility index (Phi) is 20.7. The summed E-state index contributed by atoms with van der Waals surface area (Å²) in [6.45, 7) is 6.98. The molecule has 0 aliphatic carbocycles. The van der Waals surface area contributed by atoms with E-state index in [1.807, 2.05) is 0 Å². The minimum Gasteiger partial charge on any atom is -0.0826 e. The first-order valence-electron chi connectivity index (χ1n) is 11.3. The van der Waals surface area contributed by atoms with Crippen LogP contribution in [0.15, 0.2) is 0 Å². The van der Waals surface area contributed by atoms with Crippen molar-refractivity contribution in [3.63, 3.8) is 0 Å². The summed E-state index contributed by atoms with van der Waals surface area (Å²) >= 11 is 2.70. The molecule has 0 aliphatic rings. The van der Waals surface area contributed by atoms with Crippen LogP contribution in [0.4, 0.5) is 0 Å². The van der Waals surface area contributed by atoms with Crippen molar-refractivity contribution in [1.82, 2.24) is 0 Å². The van der Waals surface area contributed by atoms with Crippen molar-refractivity contribution in [2.45, 2.75) is 140 Å². The van der Waals surface area contributed by atoms with Crippen molar-refractivity contribution in [3.05, 3.63) is 0 Å². The molecule has 1 unspecified atom stereocenters. The zero-order valence-electron chi connectivity index (χ0n) is 17.3. The normalized spacial score (nSPS) is 12.9. The Balaban J connectivity index is 3.13. The first-order valence-corrected chi connectivity index (χ1v) is 12.6. The second-order valence-electron chi connectivity index (χ2n) is 8.31. The van der Waals surface area contributed by atoms with E-state index in [1.165, 1.54) is 116 Å². The van der Waals surface area contributed by atoms with Crippen molar-refractivity contribution < 1.29 is 0 Å². The highest BCUT2D eigenvalue weighted by molar-refractivity contribution is 14.1. The van der Waals surface area contributed by atoms with Gasteiger partial charge in [-0.2, -0.15) is 0 Å². The fraction of sp³-hybridized carbons (Fsp3) is 1.00. The monoisotopic (exact) mass is 450 g/mol. The third kappa shape index (κ3) is 20.8. The number of rotatable bonds is 19. The Morgan fingerprint density at radius 2 is 0.833 bits per heavy atom. The van der Waals surface area contributed by atoms with Crippen molar-refractivity contribution in [2.75, 3.05) is 0 Å². The summed E-state index contributed by atoms with van der Waals surface area (Å²) in [7, 11) is 0. The van der Waals surface area contributed by atoms with Crippen molar-refractivity contribution in [1.29, 1.82) is 0 Å². The molecule has 0 aromatic rings. The molecule has 1 atom stereocenters. The average molecular weight is 451 g/mol. The quantitative estimate of drug-likeness (QED) is 0.104. The molecule has 0 aromatic heterocycles. The van der Waals surface area contributed by atoms with Crippen molar-refractivity contribution in [2.24, 2.45) is 5.92 Å². The molecule has 0 nitrogen and oxygen atoms in total. The van der Waals surface area contributed by atoms with Crippen LogP contribution in [0, 0.1) is 5.92 Å². The van der Waals surface area contributed by atoms with Crippen LogP contribution in [0.1, 0.15) is 136 Å². The van der Waals surface area contributed by atoms with Crippen LogP contribution in [0.25, 0.3) is 0 Å². The molecule has 0 rings (SSSR count). The van der Waals surface area contributed by atoms with Gasteiger partial charge in [-0.05, 0) is 18.8 Å². The van der Waals surface area contributed by atoms with E-state index in [2.05, 4.69) is 43.4 Å². The molecule has 0 N–H and O–H groups in total. The second-order valence-corrected chi connectivity index (χ2v) is 10.1. The van der Waals surface area contributed by atoms with Crippen LogP contribution in [-0.2, 0) is 0 Å². The maximum atomic E-state index is 2.70. The molecule has 0 heterocycles. The molecule has 0 fully saturated rings. The summed E-state index contributed by atoms with van der Waals surface area (Å²) in [5.41, 5.74) is 0. The third-order valence-electron chi connectivity index (χ3n) is 5.17. The van der Waals surface area contributed by atoms with Crippen LogP contribution in [0.3, 0.4) is 0 Å². The van der Waals surface area contributed by atoms with E-state index in [0.717, 1.165) is 9.84 Å². The molecule has 0 aromatic carbocycles. The summed E-state index contributed by atoms with van der Waals surface area (Å²) in [5, 5.41) is 0. The van der Waals surface area contributed by atoms with Gasteiger partial charge < -0.3 is 0 Å². The van der Waals surface area contributed by atoms with Gasteiger partial charge in [-0.25, -0.2) is 0 Å². The Morgan fingerprint density at radius 3 is 1.21 bits per heavy atom. The summed E-state index contributed by atoms with van der Waals surface area (Å²) in [6.07, 6.45) is 26.3. The third-order valence-corrected chi connectivity index (χ3v) is 6.42. The predicted octanol–water partition coefficient (Wildman–Crippen LogP) is 9.49. The smallest absolute Gasteiger partial charge is 0.0110 e. The van der Waals surface area contributed by atoms with Crippen molar-refractivity contribution in [3.8, 4) is 0 Å². The molecule has 146 valence electrons. The topological polar surface area (TPSA) is 0 Å². The zero-order valence-corrected chi connectivity index (χ0v) is 19.4. The Morgan fingerprint density at radius 1 is 0.500 bits per heavy atom. The van der Waals surface area contributed by atoms with Gasteiger partial charge in [-0.3, -0.25) is 0 Å². The molecule has 0 bridgehead atoms. The average Bonchev–Trinajstić information content (AvgIpc) is 2.55. The predicted molar refractivity (Wildman–Crippen MR) is 121 cm³/mol. The van der Waals surface area contributed by atoms with Gasteiger partial charge in [0.2, 0.25) is 0 Å². The molecule has 0 radical (unpaired) electrons. The molecule has 24 heavy (non-hydrogen) atoms. The van der Waals surface area contributed by atoms with E-state index in [1.54, 1.807) is 0 Å². The van der Waals surface area contributed by atoms with Gasteiger partial charge in [0.15, 0.2) is 0 Å². The maximum absolute atomic E-state index is 2.70. The summed E-state index contributed by atoms with van der Waals surface area (Å²) in [4.78, 5) is 0. The molecule has 0 amide bonds. The van der Waals surface area contributed by atoms with E-state index < -0.39 is 0 Å². The number of halogens is 1. The summed E-state index contributed by atoms with van der Waals surface area (Å²) < 4.78 is 0.939. The first kappa shape index (κ1) is 24.7. The van der Waals surface area contributed by atoms with Gasteiger partial charge in [-0.1, -0.05) is 146 Å². The molecule has 0 saturated heterocycles. The van der Waals surface area contributed by atoms with Crippen LogP contribution in [0.2, 0.25) is 0 Å². The van der Waals surface area contributed by atoms with Crippen LogP contribution >= 0.6 is 22.6 Å². The number of alkyl halides is 1. The van der Waals surface area contributed by atoms with Crippen LogP contribution < -0.4 is 0 Å². The fourth-order valence-electron chi connectivity index (χ4n) is 3.45. The van der Waals surface area contributed by atoms with E-state index in [-0.39, 0.29) is 0 Å². The van der Waals surface area contributed by atoms with Crippen LogP contribution in [0.5, 0.6) is 0 Å². The lowest BCUT2D eigenvalue weighted by Gasteiger charge is -2.09. The van der Waals surface area contributed by atoms with Gasteiger partial charge in [0.1, 0.15) is 0 Å². The highest BCUT2D eigenvalue weighted by Gasteiger charge is 2.03. The Bertz CT molecular complexity index is 224. The largest absolute Gasteiger partial charge is 0.0826 e. The first-order chi connectivity index (χ1) is 11.7. The molecular weight excluding hydrogens is 403 g/mol. The lowest BCUT2D eigenvalue weighted by Crippen LogP contribution is -1.97. The second kappa shape index (κ2) is 20.0. The van der Waals surface area contributed by atoms with Crippen molar-refractivity contribution >= 4 is 22.6 Å². The summed E-state index contributed by atoms with van der Waals surface area (Å²) in [6, 6.07) is 0. The molecule has 0 saturated carbocycles. The van der Waals surface area contributed by atoms with Gasteiger partial charge in [0.05, 0.1) is 0 Å². The van der Waals surface area contributed by atoms with Crippen LogP contribution in [-0.4, -0.2) is 3.92 Å². The molecule has 1 heteroatoms. The molecule has 0 spiro atoms. The highest BCUT2D eigenvalue weighted by atomic mass is 127. The van der Waals surface area contributed by atoms with Gasteiger partial charge in [-0.15, -0.1) is 0 Å². The van der Waals surface area contributed by atoms with E-state index in [0.29, 0.717) is 0 Å². The van der Waals surface area contributed by atoms with E-state index in [4.69, 9.17) is 0 Å². The van der Waals surface area contributed by atoms with Gasteiger partial charge in [0.25, 0.3) is 0 Å². The molecule has 0 aliphatic heterocycles. The minimum absolute atomic E-state index is 0.896. The van der Waals surface area contributed by atoms with E-state index >= 15 is 0 Å². The lowest BCUT2D eigenvalue weighted by atomic mass is 10.0. The number of hydrogen-bond donors (Lipinski definition) is 0.